The normalized spacial score (nSPS) is 10.7. The van der Waals surface area contributed by atoms with Gasteiger partial charge in [0.15, 0.2) is 0 Å². The molecule has 7 nitrogen and oxygen atoms in total. The third-order valence-electron chi connectivity index (χ3n) is 5.16. The second-order valence-electron chi connectivity index (χ2n) is 7.39. The molecule has 1 heterocycles. The second-order valence-corrected chi connectivity index (χ2v) is 7.39. The molecule has 0 fully saturated rings. The molecule has 0 aliphatic heterocycles. The van der Waals surface area contributed by atoms with Crippen LogP contribution in [0, 0.1) is 10.1 Å². The van der Waals surface area contributed by atoms with Gasteiger partial charge in [-0.25, -0.2) is 9.97 Å². The van der Waals surface area contributed by atoms with Crippen LogP contribution in [0.5, 0.6) is 0 Å². The third-order valence-corrected chi connectivity index (χ3v) is 5.16. The lowest BCUT2D eigenvalue weighted by Crippen LogP contribution is -2.21. The van der Waals surface area contributed by atoms with Crippen molar-refractivity contribution in [2.45, 2.75) is 12.6 Å². The topological polar surface area (TPSA) is 84.2 Å². The third kappa shape index (κ3) is 4.73. The number of hydrogen-bond donors (Lipinski definition) is 1. The summed E-state index contributed by atoms with van der Waals surface area (Å²) in [7, 11) is 1.79. The molecule has 0 radical (unpaired) electrons. The molecule has 0 saturated carbocycles. The molecule has 0 unspecified atom stereocenters. The number of nitro groups is 1. The quantitative estimate of drug-likeness (QED) is 0.308. The highest BCUT2D eigenvalue weighted by atomic mass is 16.6. The number of aromatic nitrogens is 2. The van der Waals surface area contributed by atoms with E-state index >= 15 is 0 Å². The van der Waals surface area contributed by atoms with Crippen LogP contribution in [0.2, 0.25) is 0 Å². The van der Waals surface area contributed by atoms with E-state index in [2.05, 4.69) is 15.3 Å². The molecule has 1 aromatic heterocycles. The number of benzene rings is 3. The van der Waals surface area contributed by atoms with E-state index in [-0.39, 0.29) is 23.4 Å². The van der Waals surface area contributed by atoms with Crippen molar-refractivity contribution in [3.8, 4) is 0 Å². The summed E-state index contributed by atoms with van der Waals surface area (Å²) in [6.07, 6.45) is 1.36. The summed E-state index contributed by atoms with van der Waals surface area (Å²) in [6, 6.07) is 29.1. The summed E-state index contributed by atoms with van der Waals surface area (Å²) >= 11 is 0. The Morgan fingerprint density at radius 2 is 1.41 bits per heavy atom. The fraction of sp³-hybridized carbons (Fsp3) is 0.120. The van der Waals surface area contributed by atoms with Gasteiger partial charge in [0, 0.05) is 13.6 Å². The number of anilines is 2. The van der Waals surface area contributed by atoms with Crippen molar-refractivity contribution in [1.29, 1.82) is 0 Å². The van der Waals surface area contributed by atoms with E-state index in [1.54, 1.807) is 11.9 Å². The van der Waals surface area contributed by atoms with Gasteiger partial charge < -0.3 is 10.2 Å². The zero-order valence-corrected chi connectivity index (χ0v) is 17.6. The van der Waals surface area contributed by atoms with E-state index in [1.165, 1.54) is 6.33 Å². The monoisotopic (exact) mass is 425 g/mol. The molecule has 0 aliphatic rings. The van der Waals surface area contributed by atoms with Crippen LogP contribution in [0.15, 0.2) is 97.3 Å². The molecule has 0 spiro atoms. The van der Waals surface area contributed by atoms with Gasteiger partial charge in [0.25, 0.3) is 0 Å². The smallest absolute Gasteiger partial charge is 0.353 e. The maximum Gasteiger partial charge on any atom is 0.353 e. The zero-order valence-electron chi connectivity index (χ0n) is 17.6. The minimum atomic E-state index is -0.424. The van der Waals surface area contributed by atoms with E-state index in [4.69, 9.17) is 0 Å². The Hall–Kier alpha value is -4.26. The Labute approximate surface area is 186 Å². The predicted octanol–water partition coefficient (Wildman–Crippen LogP) is 5.22. The van der Waals surface area contributed by atoms with Gasteiger partial charge in [-0.05, 0) is 16.7 Å². The van der Waals surface area contributed by atoms with Crippen LogP contribution in [0.3, 0.4) is 0 Å². The number of nitrogens with zero attached hydrogens (tertiary/aromatic N) is 4. The van der Waals surface area contributed by atoms with E-state index in [1.807, 2.05) is 91.0 Å². The molecule has 1 N–H and O–H groups in total. The van der Waals surface area contributed by atoms with Crippen LogP contribution in [-0.2, 0) is 6.54 Å². The van der Waals surface area contributed by atoms with Crippen LogP contribution >= 0.6 is 0 Å². The summed E-state index contributed by atoms with van der Waals surface area (Å²) in [6.45, 7) is 0.485. The first kappa shape index (κ1) is 21.0. The molecule has 4 rings (SSSR count). The van der Waals surface area contributed by atoms with Crippen LogP contribution < -0.4 is 10.2 Å². The van der Waals surface area contributed by atoms with E-state index < -0.39 is 4.92 Å². The van der Waals surface area contributed by atoms with E-state index in [0.717, 1.165) is 16.7 Å². The van der Waals surface area contributed by atoms with Crippen LogP contribution in [-0.4, -0.2) is 21.9 Å². The Balaban J connectivity index is 1.72. The van der Waals surface area contributed by atoms with Crippen molar-refractivity contribution >= 4 is 17.3 Å². The lowest BCUT2D eigenvalue weighted by atomic mass is 9.98. The second kappa shape index (κ2) is 9.70. The van der Waals surface area contributed by atoms with Crippen molar-refractivity contribution < 1.29 is 4.92 Å². The van der Waals surface area contributed by atoms with Gasteiger partial charge in [0.2, 0.25) is 11.6 Å². The fourth-order valence-electron chi connectivity index (χ4n) is 3.64. The Bertz CT molecular complexity index is 1130. The van der Waals surface area contributed by atoms with Gasteiger partial charge in [-0.1, -0.05) is 91.0 Å². The molecule has 0 atom stereocenters. The SMILES string of the molecule is CN(Cc1ccccc1)c1ncnc(NC(c2ccccc2)c2ccccc2)c1[N+](=O)[O-]. The molecule has 0 saturated heterocycles. The Morgan fingerprint density at radius 1 is 0.875 bits per heavy atom. The largest absolute Gasteiger partial charge is 0.353 e. The average molecular weight is 425 g/mol. The summed E-state index contributed by atoms with van der Waals surface area (Å²) in [5, 5.41) is 15.4. The molecular weight excluding hydrogens is 402 g/mol. The van der Waals surface area contributed by atoms with Crippen LogP contribution in [0.4, 0.5) is 17.3 Å². The van der Waals surface area contributed by atoms with Crippen molar-refractivity contribution in [2.75, 3.05) is 17.3 Å². The first-order chi connectivity index (χ1) is 15.6. The molecule has 160 valence electrons. The fourth-order valence-corrected chi connectivity index (χ4v) is 3.64. The minimum absolute atomic E-state index is 0.150. The van der Waals surface area contributed by atoms with Gasteiger partial charge in [0.05, 0.1) is 11.0 Å². The maximum atomic E-state index is 12.1. The first-order valence-electron chi connectivity index (χ1n) is 10.2. The minimum Gasteiger partial charge on any atom is -0.353 e. The van der Waals surface area contributed by atoms with Crippen molar-refractivity contribution in [2.24, 2.45) is 0 Å². The highest BCUT2D eigenvalue weighted by Crippen LogP contribution is 2.35. The first-order valence-corrected chi connectivity index (χ1v) is 10.2. The highest BCUT2D eigenvalue weighted by molar-refractivity contribution is 5.71. The van der Waals surface area contributed by atoms with E-state index in [0.29, 0.717) is 6.54 Å². The van der Waals surface area contributed by atoms with Crippen LogP contribution in [0.1, 0.15) is 22.7 Å². The van der Waals surface area contributed by atoms with E-state index in [9.17, 15) is 10.1 Å². The van der Waals surface area contributed by atoms with Gasteiger partial charge in [0.1, 0.15) is 6.33 Å². The van der Waals surface area contributed by atoms with Gasteiger partial charge in [-0.3, -0.25) is 10.1 Å². The number of rotatable bonds is 8. The molecule has 32 heavy (non-hydrogen) atoms. The summed E-state index contributed by atoms with van der Waals surface area (Å²) < 4.78 is 0. The lowest BCUT2D eigenvalue weighted by molar-refractivity contribution is -0.383. The van der Waals surface area contributed by atoms with Gasteiger partial charge in [-0.2, -0.15) is 0 Å². The standard InChI is InChI=1S/C25H23N5O2/c1-29(17-19-11-5-2-6-12-19)25-23(30(31)32)24(26-18-27-25)28-22(20-13-7-3-8-14-20)21-15-9-4-10-16-21/h2-16,18,22H,17H2,1H3,(H,26,27,28). The van der Waals surface area contributed by atoms with Gasteiger partial charge in [-0.15, -0.1) is 0 Å². The molecule has 4 aromatic rings. The Kier molecular flexibility index (Phi) is 6.36. The van der Waals surface area contributed by atoms with Crippen molar-refractivity contribution in [3.63, 3.8) is 0 Å². The van der Waals surface area contributed by atoms with Gasteiger partial charge >= 0.3 is 5.69 Å². The zero-order chi connectivity index (χ0) is 22.3. The summed E-state index contributed by atoms with van der Waals surface area (Å²) in [4.78, 5) is 21.9. The maximum absolute atomic E-state index is 12.1. The highest BCUT2D eigenvalue weighted by Gasteiger charge is 2.28. The van der Waals surface area contributed by atoms with Crippen LogP contribution in [0.25, 0.3) is 0 Å². The average Bonchev–Trinajstić information content (AvgIpc) is 2.84. The number of nitrogens with one attached hydrogen (secondary N) is 1. The molecule has 7 heteroatoms. The molecule has 0 aliphatic carbocycles. The number of hydrogen-bond acceptors (Lipinski definition) is 6. The molecular formula is C25H23N5O2. The molecule has 0 bridgehead atoms. The summed E-state index contributed by atoms with van der Waals surface area (Å²) in [5.41, 5.74) is 2.84. The molecule has 3 aromatic carbocycles. The van der Waals surface area contributed by atoms with Crippen molar-refractivity contribution in [3.05, 3.63) is 124 Å². The predicted molar refractivity (Wildman–Crippen MR) is 126 cm³/mol. The summed E-state index contributed by atoms with van der Waals surface area (Å²) in [5.74, 6) is 0.439. The molecule has 0 amide bonds. The van der Waals surface area contributed by atoms with Crippen molar-refractivity contribution in [1.82, 2.24) is 9.97 Å². The lowest BCUT2D eigenvalue weighted by Gasteiger charge is -2.22. The Morgan fingerprint density at radius 3 is 1.94 bits per heavy atom.